The molecule has 0 bridgehead atoms. The summed E-state index contributed by atoms with van der Waals surface area (Å²) in [6.45, 7) is 2.36. The summed E-state index contributed by atoms with van der Waals surface area (Å²) in [7, 11) is 0. The van der Waals surface area contributed by atoms with Gasteiger partial charge in [0.25, 0.3) is 0 Å². The monoisotopic (exact) mass is 246 g/mol. The lowest BCUT2D eigenvalue weighted by Gasteiger charge is -2.39. The lowest BCUT2D eigenvalue weighted by atomic mass is 9.63. The molecule has 3 nitrogen and oxygen atoms in total. The van der Waals surface area contributed by atoms with Crippen LogP contribution in [0.25, 0.3) is 0 Å². The van der Waals surface area contributed by atoms with E-state index in [0.29, 0.717) is 25.3 Å². The highest BCUT2D eigenvalue weighted by Gasteiger charge is 2.48. The van der Waals surface area contributed by atoms with Crippen LogP contribution in [-0.4, -0.2) is 5.91 Å². The highest BCUT2D eigenvalue weighted by molar-refractivity contribution is 5.86. The molecule has 0 spiro atoms. The summed E-state index contributed by atoms with van der Waals surface area (Å²) in [6.07, 6.45) is 1.25. The Hall–Kier alpha value is -1.89. The van der Waals surface area contributed by atoms with Gasteiger partial charge >= 0.3 is 0 Å². The second-order valence-electron chi connectivity index (χ2n) is 5.02. The highest BCUT2D eigenvalue weighted by atomic mass is 19.1. The van der Waals surface area contributed by atoms with Crippen LogP contribution in [0.5, 0.6) is 0 Å². The molecule has 0 aromatic heterocycles. The van der Waals surface area contributed by atoms with Crippen molar-refractivity contribution in [3.63, 3.8) is 0 Å². The van der Waals surface area contributed by atoms with E-state index in [0.717, 1.165) is 5.56 Å². The zero-order chi connectivity index (χ0) is 13.2. The lowest BCUT2D eigenvalue weighted by Crippen LogP contribution is -2.47. The predicted octanol–water partition coefficient (Wildman–Crippen LogP) is 2.38. The maximum absolute atomic E-state index is 12.7. The zero-order valence-electron chi connectivity index (χ0n) is 10.2. The molecule has 1 N–H and O–H groups in total. The Morgan fingerprint density at radius 1 is 1.50 bits per heavy atom. The molecule has 0 aliphatic heterocycles. The van der Waals surface area contributed by atoms with Gasteiger partial charge < -0.3 is 5.32 Å². The standard InChI is InChI=1S/C14H15FN2O/c1-10-6-14(7-10,9-16)13(18)17-8-11-2-4-12(15)5-3-11/h2-5,10H,6-8H2,1H3,(H,17,18). The molecule has 4 heteroatoms. The molecule has 1 fully saturated rings. The summed E-state index contributed by atoms with van der Waals surface area (Å²) >= 11 is 0. The second-order valence-corrected chi connectivity index (χ2v) is 5.02. The molecule has 0 saturated heterocycles. The minimum atomic E-state index is -0.848. The first-order chi connectivity index (χ1) is 8.55. The molecule has 2 rings (SSSR count). The Morgan fingerprint density at radius 3 is 2.61 bits per heavy atom. The third-order valence-corrected chi connectivity index (χ3v) is 3.41. The van der Waals surface area contributed by atoms with Crippen LogP contribution in [0.15, 0.2) is 24.3 Å². The first-order valence-corrected chi connectivity index (χ1v) is 6.00. The number of carbonyl (C=O) groups is 1. The molecule has 1 saturated carbocycles. The fourth-order valence-electron chi connectivity index (χ4n) is 2.41. The smallest absolute Gasteiger partial charge is 0.240 e. The van der Waals surface area contributed by atoms with Gasteiger partial charge in [-0.2, -0.15) is 5.26 Å². The van der Waals surface area contributed by atoms with Gasteiger partial charge in [-0.15, -0.1) is 0 Å². The van der Waals surface area contributed by atoms with Crippen molar-refractivity contribution in [1.29, 1.82) is 5.26 Å². The molecule has 1 aromatic rings. The Morgan fingerprint density at radius 2 is 2.11 bits per heavy atom. The van der Waals surface area contributed by atoms with Gasteiger partial charge in [-0.25, -0.2) is 4.39 Å². The van der Waals surface area contributed by atoms with Gasteiger partial charge in [-0.3, -0.25) is 4.79 Å². The van der Waals surface area contributed by atoms with E-state index in [2.05, 4.69) is 11.4 Å². The Bertz CT molecular complexity index is 484. The Balaban J connectivity index is 1.93. The number of benzene rings is 1. The second kappa shape index (κ2) is 4.77. The number of nitriles is 1. The number of rotatable bonds is 3. The average molecular weight is 246 g/mol. The molecule has 18 heavy (non-hydrogen) atoms. The third-order valence-electron chi connectivity index (χ3n) is 3.41. The molecule has 1 aliphatic carbocycles. The van der Waals surface area contributed by atoms with Gasteiger partial charge in [0.15, 0.2) is 0 Å². The number of nitrogens with one attached hydrogen (secondary N) is 1. The number of hydrogen-bond acceptors (Lipinski definition) is 2. The summed E-state index contributed by atoms with van der Waals surface area (Å²) in [5.41, 5.74) is -0.0235. The molecule has 0 unspecified atom stereocenters. The van der Waals surface area contributed by atoms with Gasteiger partial charge in [0.1, 0.15) is 11.2 Å². The summed E-state index contributed by atoms with van der Waals surface area (Å²) < 4.78 is 12.7. The summed E-state index contributed by atoms with van der Waals surface area (Å²) in [5.74, 6) is -0.0833. The fraction of sp³-hybridized carbons (Fsp3) is 0.429. The van der Waals surface area contributed by atoms with Crippen molar-refractivity contribution in [2.24, 2.45) is 11.3 Å². The maximum Gasteiger partial charge on any atom is 0.240 e. The molecular formula is C14H15FN2O. The van der Waals surface area contributed by atoms with E-state index in [1.165, 1.54) is 12.1 Å². The third kappa shape index (κ3) is 2.35. The fourth-order valence-corrected chi connectivity index (χ4v) is 2.41. The molecule has 1 aliphatic rings. The van der Waals surface area contributed by atoms with Crippen LogP contribution in [-0.2, 0) is 11.3 Å². The number of carbonyl (C=O) groups excluding carboxylic acids is 1. The van der Waals surface area contributed by atoms with Crippen LogP contribution in [0.1, 0.15) is 25.3 Å². The van der Waals surface area contributed by atoms with E-state index in [1.54, 1.807) is 12.1 Å². The van der Waals surface area contributed by atoms with Crippen LogP contribution >= 0.6 is 0 Å². The van der Waals surface area contributed by atoms with Gasteiger partial charge in [-0.05, 0) is 36.5 Å². The molecule has 0 atom stereocenters. The van der Waals surface area contributed by atoms with Crippen LogP contribution in [0, 0.1) is 28.5 Å². The number of nitrogens with zero attached hydrogens (tertiary/aromatic N) is 1. The summed E-state index contributed by atoms with van der Waals surface area (Å²) in [5, 5.41) is 11.8. The van der Waals surface area contributed by atoms with E-state index in [4.69, 9.17) is 5.26 Å². The predicted molar refractivity (Wildman–Crippen MR) is 64.7 cm³/mol. The van der Waals surface area contributed by atoms with Crippen molar-refractivity contribution in [3.05, 3.63) is 35.6 Å². The van der Waals surface area contributed by atoms with Crippen LogP contribution in [0.2, 0.25) is 0 Å². The van der Waals surface area contributed by atoms with Crippen LogP contribution < -0.4 is 5.32 Å². The SMILES string of the molecule is CC1CC(C#N)(C(=O)NCc2ccc(F)cc2)C1. The first kappa shape index (κ1) is 12.6. The molecule has 0 radical (unpaired) electrons. The maximum atomic E-state index is 12.7. The quantitative estimate of drug-likeness (QED) is 0.890. The topological polar surface area (TPSA) is 52.9 Å². The molecule has 94 valence electrons. The zero-order valence-corrected chi connectivity index (χ0v) is 10.2. The number of hydrogen-bond donors (Lipinski definition) is 1. The van der Waals surface area contributed by atoms with Gasteiger partial charge in [-0.1, -0.05) is 19.1 Å². The normalized spacial score (nSPS) is 25.9. The summed E-state index contributed by atoms with van der Waals surface area (Å²) in [4.78, 5) is 12.0. The minimum Gasteiger partial charge on any atom is -0.351 e. The largest absolute Gasteiger partial charge is 0.351 e. The molecule has 0 heterocycles. The Kier molecular flexibility index (Phi) is 3.33. The number of amides is 1. The van der Waals surface area contributed by atoms with Gasteiger partial charge in [0.2, 0.25) is 5.91 Å². The van der Waals surface area contributed by atoms with Crippen LogP contribution in [0.4, 0.5) is 4.39 Å². The number of halogens is 1. The van der Waals surface area contributed by atoms with E-state index >= 15 is 0 Å². The first-order valence-electron chi connectivity index (χ1n) is 6.00. The Labute approximate surface area is 106 Å². The summed E-state index contributed by atoms with van der Waals surface area (Å²) in [6, 6.07) is 8.07. The lowest BCUT2D eigenvalue weighted by molar-refractivity contribution is -0.134. The van der Waals surface area contributed by atoms with Crippen molar-refractivity contribution in [3.8, 4) is 6.07 Å². The van der Waals surface area contributed by atoms with Gasteiger partial charge in [0.05, 0.1) is 6.07 Å². The van der Waals surface area contributed by atoms with E-state index < -0.39 is 5.41 Å². The van der Waals surface area contributed by atoms with Crippen molar-refractivity contribution in [2.45, 2.75) is 26.3 Å². The van der Waals surface area contributed by atoms with Gasteiger partial charge in [0, 0.05) is 6.54 Å². The molecular weight excluding hydrogens is 231 g/mol. The van der Waals surface area contributed by atoms with Crippen molar-refractivity contribution in [1.82, 2.24) is 5.32 Å². The molecule has 1 aromatic carbocycles. The highest BCUT2D eigenvalue weighted by Crippen LogP contribution is 2.45. The minimum absolute atomic E-state index is 0.215. The van der Waals surface area contributed by atoms with Crippen molar-refractivity contribution < 1.29 is 9.18 Å². The van der Waals surface area contributed by atoms with Crippen LogP contribution in [0.3, 0.4) is 0 Å². The van der Waals surface area contributed by atoms with E-state index in [9.17, 15) is 9.18 Å². The average Bonchev–Trinajstić information content (AvgIpc) is 2.33. The van der Waals surface area contributed by atoms with E-state index in [-0.39, 0.29) is 11.7 Å². The molecule has 1 amide bonds. The van der Waals surface area contributed by atoms with Crippen molar-refractivity contribution >= 4 is 5.91 Å². The van der Waals surface area contributed by atoms with Crippen molar-refractivity contribution in [2.75, 3.05) is 0 Å². The van der Waals surface area contributed by atoms with E-state index in [1.807, 2.05) is 6.92 Å².